The SMILES string of the molecule is Cc1ccccc1N1C(=O)NC(=O)/C(=C/c2cc(Br)ccc2OC(=O)c2ccc(Cl)cc2Cl)C1=O. The topological polar surface area (TPSA) is 92.8 Å². The van der Waals surface area contributed by atoms with Gasteiger partial charge in [0.2, 0.25) is 0 Å². The van der Waals surface area contributed by atoms with Crippen molar-refractivity contribution in [2.45, 2.75) is 6.92 Å². The first kappa shape index (κ1) is 24.7. The van der Waals surface area contributed by atoms with Gasteiger partial charge in [0.25, 0.3) is 11.8 Å². The molecule has 176 valence electrons. The van der Waals surface area contributed by atoms with Crippen LogP contribution in [0.25, 0.3) is 6.08 Å². The molecule has 0 unspecified atom stereocenters. The summed E-state index contributed by atoms with van der Waals surface area (Å²) >= 11 is 15.3. The highest BCUT2D eigenvalue weighted by atomic mass is 79.9. The van der Waals surface area contributed by atoms with Gasteiger partial charge in [0.05, 0.1) is 16.3 Å². The Bertz CT molecular complexity index is 1440. The quantitative estimate of drug-likeness (QED) is 0.180. The van der Waals surface area contributed by atoms with Crippen LogP contribution in [0.5, 0.6) is 5.75 Å². The molecule has 7 nitrogen and oxygen atoms in total. The second-order valence-corrected chi connectivity index (χ2v) is 9.20. The molecule has 0 saturated carbocycles. The van der Waals surface area contributed by atoms with Crippen molar-refractivity contribution in [3.63, 3.8) is 0 Å². The molecule has 0 atom stereocenters. The van der Waals surface area contributed by atoms with E-state index in [1.807, 2.05) is 0 Å². The molecule has 35 heavy (non-hydrogen) atoms. The van der Waals surface area contributed by atoms with Gasteiger partial charge >= 0.3 is 12.0 Å². The molecule has 0 spiro atoms. The van der Waals surface area contributed by atoms with Gasteiger partial charge < -0.3 is 4.74 Å². The highest BCUT2D eigenvalue weighted by Crippen LogP contribution is 2.30. The molecule has 3 aromatic carbocycles. The fourth-order valence-electron chi connectivity index (χ4n) is 3.38. The standard InChI is InChI=1S/C25H15BrCl2N2O5/c1-13-4-2-3-5-20(13)30-23(32)18(22(31)29-25(30)34)11-14-10-15(26)6-9-21(14)35-24(33)17-8-7-16(27)12-19(17)28/h2-12H,1H3,(H,29,31,34)/b18-11-. The van der Waals surface area contributed by atoms with Gasteiger partial charge in [-0.2, -0.15) is 0 Å². The summed E-state index contributed by atoms with van der Waals surface area (Å²) < 4.78 is 6.12. The Hall–Kier alpha value is -3.46. The molecular formula is C25H15BrCl2N2O5. The number of rotatable bonds is 4. The Kier molecular flexibility index (Phi) is 7.07. The van der Waals surface area contributed by atoms with E-state index in [9.17, 15) is 19.2 Å². The van der Waals surface area contributed by atoms with E-state index < -0.39 is 23.8 Å². The average Bonchev–Trinajstić information content (AvgIpc) is 2.79. The highest BCUT2D eigenvalue weighted by molar-refractivity contribution is 9.10. The fourth-order valence-corrected chi connectivity index (χ4v) is 4.25. The van der Waals surface area contributed by atoms with E-state index in [0.29, 0.717) is 20.7 Å². The first-order valence-corrected chi connectivity index (χ1v) is 11.6. The molecule has 1 heterocycles. The Morgan fingerprint density at radius 1 is 1.03 bits per heavy atom. The van der Waals surface area contributed by atoms with Crippen LogP contribution in [0.3, 0.4) is 0 Å². The van der Waals surface area contributed by atoms with Crippen molar-refractivity contribution in [3.05, 3.63) is 97.4 Å². The number of para-hydroxylation sites is 1. The molecule has 4 rings (SSSR count). The van der Waals surface area contributed by atoms with Gasteiger partial charge in [-0.05, 0) is 61.0 Å². The molecule has 1 aliphatic rings. The molecule has 0 bridgehead atoms. The first-order chi connectivity index (χ1) is 16.7. The number of ether oxygens (including phenoxy) is 1. The number of halogens is 3. The minimum absolute atomic E-state index is 0.0664. The van der Waals surface area contributed by atoms with E-state index in [2.05, 4.69) is 21.2 Å². The number of esters is 1. The average molecular weight is 574 g/mol. The van der Waals surface area contributed by atoms with Crippen molar-refractivity contribution in [3.8, 4) is 5.75 Å². The maximum Gasteiger partial charge on any atom is 0.345 e. The molecular weight excluding hydrogens is 559 g/mol. The smallest absolute Gasteiger partial charge is 0.345 e. The van der Waals surface area contributed by atoms with Crippen LogP contribution < -0.4 is 15.0 Å². The summed E-state index contributed by atoms with van der Waals surface area (Å²) in [6, 6.07) is 14.9. The van der Waals surface area contributed by atoms with E-state index in [1.165, 1.54) is 30.3 Å². The molecule has 1 saturated heterocycles. The lowest BCUT2D eigenvalue weighted by Gasteiger charge is -2.27. The van der Waals surface area contributed by atoms with Gasteiger partial charge in [0.1, 0.15) is 11.3 Å². The molecule has 3 aromatic rings. The predicted molar refractivity (Wildman–Crippen MR) is 136 cm³/mol. The molecule has 0 radical (unpaired) electrons. The summed E-state index contributed by atoms with van der Waals surface area (Å²) in [5.41, 5.74) is 1.02. The second kappa shape index (κ2) is 10.0. The van der Waals surface area contributed by atoms with Crippen molar-refractivity contribution in [1.29, 1.82) is 0 Å². The van der Waals surface area contributed by atoms with Crippen molar-refractivity contribution in [2.75, 3.05) is 4.90 Å². The van der Waals surface area contributed by atoms with Crippen LogP contribution in [0.1, 0.15) is 21.5 Å². The van der Waals surface area contributed by atoms with E-state index >= 15 is 0 Å². The highest BCUT2D eigenvalue weighted by Gasteiger charge is 2.37. The van der Waals surface area contributed by atoms with Crippen molar-refractivity contribution in [2.24, 2.45) is 0 Å². The Labute approximate surface area is 218 Å². The number of hydrogen-bond acceptors (Lipinski definition) is 5. The van der Waals surface area contributed by atoms with Crippen molar-refractivity contribution >= 4 is 74.7 Å². The van der Waals surface area contributed by atoms with E-state index in [4.69, 9.17) is 27.9 Å². The molecule has 1 fully saturated rings. The Balaban J connectivity index is 1.73. The lowest BCUT2D eigenvalue weighted by Crippen LogP contribution is -2.54. The minimum atomic E-state index is -0.872. The van der Waals surface area contributed by atoms with Gasteiger partial charge in [-0.15, -0.1) is 0 Å². The van der Waals surface area contributed by atoms with Gasteiger partial charge in [0.15, 0.2) is 0 Å². The van der Waals surface area contributed by atoms with Crippen molar-refractivity contribution < 1.29 is 23.9 Å². The van der Waals surface area contributed by atoms with Gasteiger partial charge in [-0.25, -0.2) is 14.5 Å². The zero-order valence-corrected chi connectivity index (χ0v) is 21.1. The van der Waals surface area contributed by atoms with Crippen LogP contribution in [-0.4, -0.2) is 23.8 Å². The van der Waals surface area contributed by atoms with Crippen LogP contribution >= 0.6 is 39.1 Å². The summed E-state index contributed by atoms with van der Waals surface area (Å²) in [4.78, 5) is 52.0. The first-order valence-electron chi connectivity index (χ1n) is 10.1. The van der Waals surface area contributed by atoms with Crippen LogP contribution in [0, 0.1) is 6.92 Å². The molecule has 0 aliphatic carbocycles. The zero-order valence-electron chi connectivity index (χ0n) is 18.0. The van der Waals surface area contributed by atoms with E-state index in [0.717, 1.165) is 4.90 Å². The molecule has 4 amide bonds. The summed E-state index contributed by atoms with van der Waals surface area (Å²) in [5.74, 6) is -2.38. The molecule has 1 aliphatic heterocycles. The van der Waals surface area contributed by atoms with Gasteiger partial charge in [-0.3, -0.25) is 14.9 Å². The number of nitrogens with one attached hydrogen (secondary N) is 1. The Morgan fingerprint density at radius 3 is 2.49 bits per heavy atom. The Morgan fingerprint density at radius 2 is 1.77 bits per heavy atom. The van der Waals surface area contributed by atoms with Crippen molar-refractivity contribution in [1.82, 2.24) is 5.32 Å². The number of hydrogen-bond donors (Lipinski definition) is 1. The number of urea groups is 1. The maximum absolute atomic E-state index is 13.2. The number of anilines is 1. The second-order valence-electron chi connectivity index (χ2n) is 7.44. The lowest BCUT2D eigenvalue weighted by molar-refractivity contribution is -0.122. The third kappa shape index (κ3) is 5.14. The number of nitrogens with zero attached hydrogens (tertiary/aromatic N) is 1. The summed E-state index contributed by atoms with van der Waals surface area (Å²) in [5, 5.41) is 2.64. The fraction of sp³-hybridized carbons (Fsp3) is 0.0400. The number of barbiturate groups is 1. The third-order valence-electron chi connectivity index (χ3n) is 5.08. The lowest BCUT2D eigenvalue weighted by atomic mass is 10.0. The number of aryl methyl sites for hydroxylation is 1. The molecule has 10 heteroatoms. The maximum atomic E-state index is 13.2. The number of amides is 4. The number of carbonyl (C=O) groups is 4. The van der Waals surface area contributed by atoms with Gasteiger partial charge in [0, 0.05) is 15.1 Å². The summed E-state index contributed by atoms with van der Waals surface area (Å²) in [7, 11) is 0. The van der Waals surface area contributed by atoms with Crippen LogP contribution in [0.4, 0.5) is 10.5 Å². The molecule has 1 N–H and O–H groups in total. The predicted octanol–water partition coefficient (Wildman–Crippen LogP) is 5.95. The molecule has 0 aromatic heterocycles. The number of benzene rings is 3. The monoisotopic (exact) mass is 572 g/mol. The van der Waals surface area contributed by atoms with Crippen LogP contribution in [-0.2, 0) is 9.59 Å². The normalized spacial score (nSPS) is 14.8. The minimum Gasteiger partial charge on any atom is -0.422 e. The zero-order chi connectivity index (χ0) is 25.3. The van der Waals surface area contributed by atoms with Crippen LogP contribution in [0.2, 0.25) is 10.0 Å². The largest absolute Gasteiger partial charge is 0.422 e. The van der Waals surface area contributed by atoms with E-state index in [1.54, 1.807) is 43.3 Å². The third-order valence-corrected chi connectivity index (χ3v) is 6.12. The number of carbonyl (C=O) groups excluding carboxylic acids is 4. The number of imide groups is 2. The summed E-state index contributed by atoms with van der Waals surface area (Å²) in [6.45, 7) is 1.74. The summed E-state index contributed by atoms with van der Waals surface area (Å²) in [6.07, 6.45) is 1.26. The van der Waals surface area contributed by atoms with Crippen LogP contribution in [0.15, 0.2) is 70.7 Å². The van der Waals surface area contributed by atoms with E-state index in [-0.39, 0.29) is 27.5 Å². The van der Waals surface area contributed by atoms with Gasteiger partial charge in [-0.1, -0.05) is 57.3 Å².